The van der Waals surface area contributed by atoms with Crippen LogP contribution in [-0.4, -0.2) is 69.6 Å². The molecule has 1 aromatic heterocycles. The molecule has 1 fully saturated rings. The van der Waals surface area contributed by atoms with Gasteiger partial charge in [0.25, 0.3) is 11.8 Å². The van der Waals surface area contributed by atoms with Crippen LogP contribution < -0.4 is 16.1 Å². The maximum atomic E-state index is 13.2. The SMILES string of the molecule is CC(C)[C@@H]1OC(=O)CC[C@H](O)CC/C=C/c2ccc3ccc(nc3c2)[C@@H](C)NC(=O)[C@@H]2CCCN(N2)C(=O)[C@H](C)NC1=O. The van der Waals surface area contributed by atoms with E-state index in [-0.39, 0.29) is 30.7 Å². The second kappa shape index (κ2) is 14.6. The van der Waals surface area contributed by atoms with Gasteiger partial charge in [0, 0.05) is 18.4 Å². The molecule has 3 heterocycles. The van der Waals surface area contributed by atoms with Crippen LogP contribution >= 0.6 is 0 Å². The molecule has 1 aromatic carbocycles. The van der Waals surface area contributed by atoms with Crippen molar-refractivity contribution in [2.24, 2.45) is 5.92 Å². The van der Waals surface area contributed by atoms with Crippen molar-refractivity contribution in [1.82, 2.24) is 26.1 Å². The molecule has 11 nitrogen and oxygen atoms in total. The number of hydrogen-bond acceptors (Lipinski definition) is 8. The summed E-state index contributed by atoms with van der Waals surface area (Å²) in [6, 6.07) is 7.91. The minimum Gasteiger partial charge on any atom is -0.452 e. The second-order valence-corrected chi connectivity index (χ2v) is 11.8. The molecule has 0 radical (unpaired) electrons. The summed E-state index contributed by atoms with van der Waals surface area (Å²) in [5, 5.41) is 18.4. The molecule has 0 unspecified atom stereocenters. The van der Waals surface area contributed by atoms with Gasteiger partial charge >= 0.3 is 5.97 Å². The third-order valence-corrected chi connectivity index (χ3v) is 7.82. The molecule has 4 N–H and O–H groups in total. The minimum absolute atomic E-state index is 0.0336. The van der Waals surface area contributed by atoms with Gasteiger partial charge < -0.3 is 20.5 Å². The topological polar surface area (TPSA) is 150 Å². The monoisotopic (exact) mass is 593 g/mol. The van der Waals surface area contributed by atoms with Crippen LogP contribution in [0.2, 0.25) is 0 Å². The van der Waals surface area contributed by atoms with Crippen molar-refractivity contribution in [3.05, 3.63) is 47.7 Å². The number of esters is 1. The summed E-state index contributed by atoms with van der Waals surface area (Å²) in [7, 11) is 0. The van der Waals surface area contributed by atoms with Gasteiger partial charge in [0.2, 0.25) is 5.91 Å². The number of aromatic nitrogens is 1. The predicted octanol–water partition coefficient (Wildman–Crippen LogP) is 2.93. The van der Waals surface area contributed by atoms with Gasteiger partial charge in [0.1, 0.15) is 12.1 Å². The van der Waals surface area contributed by atoms with Gasteiger partial charge in [0.15, 0.2) is 6.10 Å². The third kappa shape index (κ3) is 8.61. The Hall–Kier alpha value is -3.83. The smallest absolute Gasteiger partial charge is 0.306 e. The highest BCUT2D eigenvalue weighted by molar-refractivity contribution is 5.90. The van der Waals surface area contributed by atoms with Crippen molar-refractivity contribution in [2.75, 3.05) is 6.54 Å². The molecule has 232 valence electrons. The molecule has 4 rings (SSSR count). The molecule has 1 saturated heterocycles. The first-order valence-corrected chi connectivity index (χ1v) is 15.1. The number of amides is 3. The summed E-state index contributed by atoms with van der Waals surface area (Å²) in [5.41, 5.74) is 5.49. The Labute approximate surface area is 252 Å². The zero-order valence-electron chi connectivity index (χ0n) is 25.3. The lowest BCUT2D eigenvalue weighted by atomic mass is 10.1. The van der Waals surface area contributed by atoms with Crippen molar-refractivity contribution in [3.63, 3.8) is 0 Å². The molecule has 2 aliphatic rings. The lowest BCUT2D eigenvalue weighted by Crippen LogP contribution is -2.61. The second-order valence-electron chi connectivity index (χ2n) is 11.8. The van der Waals surface area contributed by atoms with E-state index in [1.165, 1.54) is 5.01 Å². The number of ether oxygens (including phenoxy) is 1. The first-order valence-electron chi connectivity index (χ1n) is 15.1. The van der Waals surface area contributed by atoms with Crippen LogP contribution in [0.25, 0.3) is 17.0 Å². The quantitative estimate of drug-likeness (QED) is 0.369. The zero-order valence-corrected chi connectivity index (χ0v) is 25.3. The zero-order chi connectivity index (χ0) is 31.1. The Balaban J connectivity index is 1.55. The molecular formula is C32H43N5O6. The lowest BCUT2D eigenvalue weighted by molar-refractivity contribution is -0.160. The fraction of sp³-hybridized carbons (Fsp3) is 0.531. The van der Waals surface area contributed by atoms with Gasteiger partial charge in [-0.3, -0.25) is 29.2 Å². The van der Waals surface area contributed by atoms with E-state index in [4.69, 9.17) is 9.72 Å². The van der Waals surface area contributed by atoms with Crippen LogP contribution in [0.4, 0.5) is 0 Å². The van der Waals surface area contributed by atoms with Crippen LogP contribution in [0, 0.1) is 5.92 Å². The van der Waals surface area contributed by atoms with E-state index in [9.17, 15) is 24.3 Å². The number of carbonyl (C=O) groups excluding carboxylic acids is 4. The number of rotatable bonds is 1. The van der Waals surface area contributed by atoms with Gasteiger partial charge in [-0.2, -0.15) is 0 Å². The Kier molecular flexibility index (Phi) is 10.9. The van der Waals surface area contributed by atoms with E-state index >= 15 is 0 Å². The van der Waals surface area contributed by atoms with Crippen LogP contribution in [-0.2, 0) is 23.9 Å². The van der Waals surface area contributed by atoms with E-state index in [0.29, 0.717) is 37.9 Å². The maximum Gasteiger partial charge on any atom is 0.306 e. The highest BCUT2D eigenvalue weighted by Crippen LogP contribution is 2.20. The van der Waals surface area contributed by atoms with Crippen molar-refractivity contribution < 1.29 is 29.0 Å². The Morgan fingerprint density at radius 3 is 2.49 bits per heavy atom. The van der Waals surface area contributed by atoms with Gasteiger partial charge in [0.05, 0.1) is 23.4 Å². The molecule has 43 heavy (non-hydrogen) atoms. The number of aliphatic hydroxyl groups excluding tert-OH is 1. The fourth-order valence-electron chi connectivity index (χ4n) is 5.24. The summed E-state index contributed by atoms with van der Waals surface area (Å²) in [5.74, 6) is -2.15. The summed E-state index contributed by atoms with van der Waals surface area (Å²) < 4.78 is 5.47. The molecule has 0 aliphatic carbocycles. The first-order chi connectivity index (χ1) is 20.5. The first kappa shape index (κ1) is 32.1. The number of benzene rings is 1. The number of aliphatic hydroxyl groups is 1. The lowest BCUT2D eigenvalue weighted by Gasteiger charge is -2.35. The number of pyridine rings is 1. The van der Waals surface area contributed by atoms with E-state index < -0.39 is 42.1 Å². The predicted molar refractivity (Wildman–Crippen MR) is 162 cm³/mol. The standard InChI is InChI=1S/C32H43N5O6/c1-19(2)29-31(41)34-21(4)32(42)37-17-7-10-26(36-37)30(40)33-20(3)25-15-13-23-12-11-22(18-27(23)35-25)8-5-6-9-24(38)14-16-28(39)43-29/h5,8,11-13,15,18-21,24,26,29,36,38H,6-7,9-10,14,16-17H2,1-4H3,(H,33,40)(H,34,41)/b8-5+/t20-,21+,24-,26+,29+/m1/s1. The van der Waals surface area contributed by atoms with Crippen LogP contribution in [0.1, 0.15) is 83.5 Å². The van der Waals surface area contributed by atoms with Gasteiger partial charge in [-0.25, -0.2) is 5.43 Å². The fourth-order valence-corrected chi connectivity index (χ4v) is 5.24. The molecule has 2 aliphatic heterocycles. The van der Waals surface area contributed by atoms with E-state index in [1.807, 2.05) is 49.4 Å². The van der Waals surface area contributed by atoms with E-state index in [1.54, 1.807) is 20.8 Å². The average Bonchev–Trinajstić information content (AvgIpc) is 2.99. The van der Waals surface area contributed by atoms with Gasteiger partial charge in [-0.1, -0.05) is 44.2 Å². The van der Waals surface area contributed by atoms with Crippen LogP contribution in [0.15, 0.2) is 36.4 Å². The van der Waals surface area contributed by atoms with Crippen LogP contribution in [0.3, 0.4) is 0 Å². The maximum absolute atomic E-state index is 13.2. The van der Waals surface area contributed by atoms with Crippen LogP contribution in [0.5, 0.6) is 0 Å². The molecule has 11 heteroatoms. The van der Waals surface area contributed by atoms with Gasteiger partial charge in [-0.05, 0) is 69.6 Å². The normalized spacial score (nSPS) is 27.8. The molecule has 3 amide bonds. The Morgan fingerprint density at radius 2 is 1.72 bits per heavy atom. The Bertz CT molecular complexity index is 1360. The van der Waals surface area contributed by atoms with E-state index in [2.05, 4.69) is 16.1 Å². The molecule has 5 atom stereocenters. The van der Waals surface area contributed by atoms with E-state index in [0.717, 1.165) is 16.5 Å². The molecule has 0 spiro atoms. The number of cyclic esters (lactones) is 1. The van der Waals surface area contributed by atoms with Crippen molar-refractivity contribution >= 4 is 40.7 Å². The molecular weight excluding hydrogens is 550 g/mol. The number of hydrazine groups is 1. The number of hydrogen-bond donors (Lipinski definition) is 4. The summed E-state index contributed by atoms with van der Waals surface area (Å²) in [6.07, 6.45) is 4.56. The minimum atomic E-state index is -1.09. The molecule has 0 saturated carbocycles. The Morgan fingerprint density at radius 1 is 0.977 bits per heavy atom. The number of allylic oxidation sites excluding steroid dienone is 1. The summed E-state index contributed by atoms with van der Waals surface area (Å²) in [6.45, 7) is 7.31. The highest BCUT2D eigenvalue weighted by Gasteiger charge is 2.33. The van der Waals surface area contributed by atoms with Crippen molar-refractivity contribution in [1.29, 1.82) is 0 Å². The summed E-state index contributed by atoms with van der Waals surface area (Å²) in [4.78, 5) is 56.8. The van der Waals surface area contributed by atoms with Gasteiger partial charge in [-0.15, -0.1) is 0 Å². The average molecular weight is 594 g/mol. The molecule has 5 bridgehead atoms. The molecule has 2 aromatic rings. The summed E-state index contributed by atoms with van der Waals surface area (Å²) >= 11 is 0. The number of carbonyl (C=O) groups is 4. The highest BCUT2D eigenvalue weighted by atomic mass is 16.5. The third-order valence-electron chi connectivity index (χ3n) is 7.82. The van der Waals surface area contributed by atoms with Crippen molar-refractivity contribution in [3.8, 4) is 0 Å². The largest absolute Gasteiger partial charge is 0.452 e. The number of fused-ring (bicyclic) bond motifs is 4. The number of nitrogens with zero attached hydrogens (tertiary/aromatic N) is 2. The number of nitrogens with one attached hydrogen (secondary N) is 3. The van der Waals surface area contributed by atoms with Crippen molar-refractivity contribution in [2.45, 2.75) is 96.6 Å².